The van der Waals surface area contributed by atoms with E-state index in [2.05, 4.69) is 38.1 Å². The molecule has 0 atom stereocenters. The zero-order chi connectivity index (χ0) is 10.8. The van der Waals surface area contributed by atoms with Gasteiger partial charge in [0.2, 0.25) is 0 Å². The van der Waals surface area contributed by atoms with E-state index >= 15 is 0 Å². The molecular weight excluding hydrogens is 330 g/mol. The number of nitrogen functional groups attached to an aromatic ring is 1. The second kappa shape index (κ2) is 4.23. The zero-order valence-corrected chi connectivity index (χ0v) is 10.3. The summed E-state index contributed by atoms with van der Waals surface area (Å²) in [6.07, 6.45) is 0. The fourth-order valence-electron chi connectivity index (χ4n) is 0.991. The first-order valence-corrected chi connectivity index (χ1v) is 5.42. The van der Waals surface area contributed by atoms with E-state index in [1.165, 1.54) is 0 Å². The van der Waals surface area contributed by atoms with Crippen molar-refractivity contribution in [1.82, 2.24) is 10.2 Å². The third-order valence-corrected chi connectivity index (χ3v) is 2.60. The number of rotatable bonds is 2. The largest absolute Gasteiger partial charge is 0.389 e. The van der Waals surface area contributed by atoms with Gasteiger partial charge >= 0.3 is 12.0 Å². The van der Waals surface area contributed by atoms with Gasteiger partial charge in [-0.3, -0.25) is 0 Å². The number of hydrogen-bond donors (Lipinski definition) is 2. The second-order valence-corrected chi connectivity index (χ2v) is 4.35. The predicted molar refractivity (Wildman–Crippen MR) is 66.2 cm³/mol. The molecule has 0 fully saturated rings. The summed E-state index contributed by atoms with van der Waals surface area (Å²) in [5, 5.41) is 10.6. The minimum Gasteiger partial charge on any atom is -0.389 e. The van der Waals surface area contributed by atoms with Gasteiger partial charge in [0.1, 0.15) is 0 Å². The number of benzene rings is 1. The van der Waals surface area contributed by atoms with Gasteiger partial charge in [0.25, 0.3) is 0 Å². The number of nitrogens with two attached hydrogens (primary N) is 1. The van der Waals surface area contributed by atoms with E-state index in [0.717, 1.165) is 3.57 Å². The molecule has 78 valence electrons. The van der Waals surface area contributed by atoms with E-state index in [0.29, 0.717) is 10.7 Å². The molecule has 0 aliphatic rings. The SMILES string of the molecule is Nc1nnc(Nc2ccc(I)cc2Cl)o1. The van der Waals surface area contributed by atoms with Crippen molar-refractivity contribution in [3.63, 3.8) is 0 Å². The Kier molecular flexibility index (Phi) is 2.96. The molecule has 2 rings (SSSR count). The van der Waals surface area contributed by atoms with Gasteiger partial charge in [-0.15, -0.1) is 0 Å². The molecule has 1 heterocycles. The molecule has 5 nitrogen and oxygen atoms in total. The highest BCUT2D eigenvalue weighted by atomic mass is 127. The lowest BCUT2D eigenvalue weighted by Gasteiger charge is -2.03. The molecule has 0 saturated heterocycles. The smallest absolute Gasteiger partial charge is 0.321 e. The number of nitrogens with one attached hydrogen (secondary N) is 1. The van der Waals surface area contributed by atoms with E-state index in [1.54, 1.807) is 0 Å². The van der Waals surface area contributed by atoms with Crippen LogP contribution in [0.25, 0.3) is 0 Å². The molecule has 0 aliphatic carbocycles. The van der Waals surface area contributed by atoms with Crippen molar-refractivity contribution in [2.45, 2.75) is 0 Å². The molecule has 0 unspecified atom stereocenters. The number of nitrogens with zero attached hydrogens (tertiary/aromatic N) is 2. The molecule has 0 saturated carbocycles. The van der Waals surface area contributed by atoms with Gasteiger partial charge < -0.3 is 15.5 Å². The van der Waals surface area contributed by atoms with E-state index in [1.807, 2.05) is 18.2 Å². The van der Waals surface area contributed by atoms with Gasteiger partial charge in [-0.2, -0.15) is 0 Å². The molecule has 0 radical (unpaired) electrons. The monoisotopic (exact) mass is 336 g/mol. The van der Waals surface area contributed by atoms with Gasteiger partial charge in [0.15, 0.2) is 0 Å². The van der Waals surface area contributed by atoms with Crippen molar-refractivity contribution < 1.29 is 4.42 Å². The third-order valence-electron chi connectivity index (χ3n) is 1.61. The average molecular weight is 337 g/mol. The maximum Gasteiger partial charge on any atom is 0.321 e. The molecule has 2 aromatic rings. The van der Waals surface area contributed by atoms with Crippen molar-refractivity contribution in [3.05, 3.63) is 26.8 Å². The summed E-state index contributed by atoms with van der Waals surface area (Å²) in [4.78, 5) is 0. The molecule has 3 N–H and O–H groups in total. The Bertz CT molecular complexity index is 487. The summed E-state index contributed by atoms with van der Waals surface area (Å²) in [7, 11) is 0. The number of hydrogen-bond acceptors (Lipinski definition) is 5. The third kappa shape index (κ3) is 2.51. The Hall–Kier alpha value is -1.02. The van der Waals surface area contributed by atoms with Crippen LogP contribution in [0.4, 0.5) is 17.7 Å². The molecule has 7 heteroatoms. The Morgan fingerprint density at radius 2 is 2.20 bits per heavy atom. The Morgan fingerprint density at radius 1 is 1.40 bits per heavy atom. The van der Waals surface area contributed by atoms with Crippen LogP contribution >= 0.6 is 34.2 Å². The summed E-state index contributed by atoms with van der Waals surface area (Å²) in [5.41, 5.74) is 5.98. The van der Waals surface area contributed by atoms with Crippen LogP contribution < -0.4 is 11.1 Å². The molecule has 1 aromatic heterocycles. The molecule has 0 aliphatic heterocycles. The maximum atomic E-state index is 6.00. The van der Waals surface area contributed by atoms with Gasteiger partial charge in [0.05, 0.1) is 10.7 Å². The van der Waals surface area contributed by atoms with Crippen molar-refractivity contribution in [2.24, 2.45) is 0 Å². The maximum absolute atomic E-state index is 6.00. The van der Waals surface area contributed by atoms with E-state index < -0.39 is 0 Å². The number of aromatic nitrogens is 2. The van der Waals surface area contributed by atoms with E-state index in [-0.39, 0.29) is 12.0 Å². The molecular formula is C8H6ClIN4O. The average Bonchev–Trinajstić information content (AvgIpc) is 2.56. The standard InChI is InChI=1S/C8H6ClIN4O/c9-5-3-4(10)1-2-6(5)12-8-14-13-7(11)15-8/h1-3H,(H2,11,13)(H,12,14). The summed E-state index contributed by atoms with van der Waals surface area (Å²) in [5.74, 6) is 0. The zero-order valence-electron chi connectivity index (χ0n) is 7.37. The quantitative estimate of drug-likeness (QED) is 0.825. The fourth-order valence-corrected chi connectivity index (χ4v) is 1.89. The first-order valence-electron chi connectivity index (χ1n) is 3.96. The van der Waals surface area contributed by atoms with Crippen LogP contribution in [0.2, 0.25) is 5.02 Å². The molecule has 15 heavy (non-hydrogen) atoms. The van der Waals surface area contributed by atoms with Crippen molar-refractivity contribution >= 4 is 51.9 Å². The number of halogens is 2. The summed E-state index contributed by atoms with van der Waals surface area (Å²) >= 11 is 8.17. The summed E-state index contributed by atoms with van der Waals surface area (Å²) in [6.45, 7) is 0. The van der Waals surface area contributed by atoms with Crippen LogP contribution in [0.15, 0.2) is 22.6 Å². The van der Waals surface area contributed by atoms with Gasteiger partial charge in [-0.05, 0) is 40.8 Å². The first-order chi connectivity index (χ1) is 7.15. The van der Waals surface area contributed by atoms with Crippen LogP contribution in [-0.2, 0) is 0 Å². The minimum atomic E-state index is 0.0131. The minimum absolute atomic E-state index is 0.0131. The Balaban J connectivity index is 2.24. The van der Waals surface area contributed by atoms with Gasteiger partial charge in [-0.25, -0.2) is 0 Å². The Morgan fingerprint density at radius 3 is 2.80 bits per heavy atom. The molecule has 0 amide bonds. The van der Waals surface area contributed by atoms with Crippen molar-refractivity contribution in [1.29, 1.82) is 0 Å². The van der Waals surface area contributed by atoms with Crippen LogP contribution in [0, 0.1) is 3.57 Å². The topological polar surface area (TPSA) is 77.0 Å². The lowest BCUT2D eigenvalue weighted by atomic mass is 10.3. The highest BCUT2D eigenvalue weighted by molar-refractivity contribution is 14.1. The normalized spacial score (nSPS) is 10.3. The first kappa shape index (κ1) is 10.5. The second-order valence-electron chi connectivity index (χ2n) is 2.69. The molecule has 1 aromatic carbocycles. The van der Waals surface area contributed by atoms with Crippen LogP contribution in [0.1, 0.15) is 0 Å². The highest BCUT2D eigenvalue weighted by Gasteiger charge is 2.06. The van der Waals surface area contributed by atoms with Crippen molar-refractivity contribution in [3.8, 4) is 0 Å². The predicted octanol–water partition coefficient (Wildman–Crippen LogP) is 2.65. The lowest BCUT2D eigenvalue weighted by Crippen LogP contribution is -1.91. The lowest BCUT2D eigenvalue weighted by molar-refractivity contribution is 0.593. The van der Waals surface area contributed by atoms with Crippen LogP contribution in [0.3, 0.4) is 0 Å². The molecule has 0 bridgehead atoms. The fraction of sp³-hybridized carbons (Fsp3) is 0. The number of anilines is 3. The van der Waals surface area contributed by atoms with Gasteiger partial charge in [0, 0.05) is 3.57 Å². The van der Waals surface area contributed by atoms with Crippen LogP contribution in [0.5, 0.6) is 0 Å². The Labute approximate surface area is 104 Å². The summed E-state index contributed by atoms with van der Waals surface area (Å²) < 4.78 is 6.01. The van der Waals surface area contributed by atoms with E-state index in [4.69, 9.17) is 21.8 Å². The van der Waals surface area contributed by atoms with Gasteiger partial charge in [-0.1, -0.05) is 21.8 Å². The van der Waals surface area contributed by atoms with Crippen molar-refractivity contribution in [2.75, 3.05) is 11.1 Å². The molecule has 0 spiro atoms. The van der Waals surface area contributed by atoms with E-state index in [9.17, 15) is 0 Å². The summed E-state index contributed by atoms with van der Waals surface area (Å²) in [6, 6.07) is 5.79. The highest BCUT2D eigenvalue weighted by Crippen LogP contribution is 2.26. The van der Waals surface area contributed by atoms with Crippen LogP contribution in [-0.4, -0.2) is 10.2 Å².